The molecular weight excluding hydrogens is 484 g/mol. The number of halogens is 2. The number of thioether (sulfide) groups is 1. The molecule has 0 unspecified atom stereocenters. The molecule has 0 bridgehead atoms. The lowest BCUT2D eigenvalue weighted by molar-refractivity contribution is -0.126. The molecule has 6 nitrogen and oxygen atoms in total. The Hall–Kier alpha value is -3.46. The van der Waals surface area contributed by atoms with Gasteiger partial charge in [0.2, 0.25) is 11.8 Å². The Morgan fingerprint density at radius 3 is 2.58 bits per heavy atom. The standard InChI is InChI=1S/C27H27F2N3O3S/c1-36-22-7-4-6-21(14-22)35-27-23(13-19(28)16-31-27)26(34)32-20-11-9-17(10-12-20)25(33)30-15-18-5-2-3-8-24(18)29/h2-8,13-14,16-17,20H,9-12,15H2,1H3,(H,30,33)(H,32,34). The lowest BCUT2D eigenvalue weighted by Crippen LogP contribution is -2.41. The second-order valence-corrected chi connectivity index (χ2v) is 9.50. The van der Waals surface area contributed by atoms with Crippen molar-refractivity contribution in [2.24, 2.45) is 5.92 Å². The van der Waals surface area contributed by atoms with E-state index in [1.807, 2.05) is 24.5 Å². The Labute approximate surface area is 212 Å². The molecule has 2 amide bonds. The minimum absolute atomic E-state index is 0.00862. The number of nitrogens with one attached hydrogen (secondary N) is 2. The first-order valence-electron chi connectivity index (χ1n) is 11.7. The topological polar surface area (TPSA) is 80.3 Å². The van der Waals surface area contributed by atoms with Crippen molar-refractivity contribution in [3.05, 3.63) is 83.6 Å². The summed E-state index contributed by atoms with van der Waals surface area (Å²) >= 11 is 1.55. The highest BCUT2D eigenvalue weighted by molar-refractivity contribution is 7.98. The fourth-order valence-electron chi connectivity index (χ4n) is 4.18. The van der Waals surface area contributed by atoms with Crippen molar-refractivity contribution in [1.82, 2.24) is 15.6 Å². The minimum atomic E-state index is -0.638. The molecule has 0 spiro atoms. The van der Waals surface area contributed by atoms with Gasteiger partial charge >= 0.3 is 0 Å². The number of carbonyl (C=O) groups is 2. The molecule has 1 aliphatic carbocycles. The van der Waals surface area contributed by atoms with Crippen LogP contribution in [0.3, 0.4) is 0 Å². The van der Waals surface area contributed by atoms with Crippen molar-refractivity contribution in [2.75, 3.05) is 6.26 Å². The fraction of sp³-hybridized carbons (Fsp3) is 0.296. The average Bonchev–Trinajstić information content (AvgIpc) is 2.89. The first kappa shape index (κ1) is 25.6. The predicted octanol–water partition coefficient (Wildman–Crippen LogP) is 5.48. The zero-order chi connectivity index (χ0) is 25.5. The van der Waals surface area contributed by atoms with E-state index < -0.39 is 11.7 Å². The van der Waals surface area contributed by atoms with Crippen LogP contribution in [0.25, 0.3) is 0 Å². The summed E-state index contributed by atoms with van der Waals surface area (Å²) in [7, 11) is 0. The summed E-state index contributed by atoms with van der Waals surface area (Å²) in [6.45, 7) is 0.136. The summed E-state index contributed by atoms with van der Waals surface area (Å²) in [5, 5.41) is 5.73. The van der Waals surface area contributed by atoms with Crippen LogP contribution in [0.1, 0.15) is 41.6 Å². The van der Waals surface area contributed by atoms with Gasteiger partial charge in [0.1, 0.15) is 22.9 Å². The molecule has 0 saturated heterocycles. The van der Waals surface area contributed by atoms with Gasteiger partial charge in [0.15, 0.2) is 0 Å². The molecule has 1 heterocycles. The zero-order valence-electron chi connectivity index (χ0n) is 19.8. The number of nitrogens with zero attached hydrogens (tertiary/aromatic N) is 1. The molecule has 2 N–H and O–H groups in total. The van der Waals surface area contributed by atoms with Crippen LogP contribution in [0, 0.1) is 17.6 Å². The molecule has 1 fully saturated rings. The second kappa shape index (κ2) is 12.0. The molecule has 36 heavy (non-hydrogen) atoms. The van der Waals surface area contributed by atoms with Crippen LogP contribution in [0.15, 0.2) is 65.7 Å². The van der Waals surface area contributed by atoms with Gasteiger partial charge in [0, 0.05) is 29.0 Å². The highest BCUT2D eigenvalue weighted by Crippen LogP contribution is 2.29. The molecule has 0 atom stereocenters. The number of aromatic nitrogens is 1. The molecule has 1 aliphatic rings. The van der Waals surface area contributed by atoms with E-state index in [-0.39, 0.29) is 41.7 Å². The van der Waals surface area contributed by atoms with E-state index in [0.29, 0.717) is 37.0 Å². The number of benzene rings is 2. The van der Waals surface area contributed by atoms with Crippen LogP contribution in [-0.2, 0) is 11.3 Å². The van der Waals surface area contributed by atoms with Gasteiger partial charge in [-0.25, -0.2) is 13.8 Å². The maximum Gasteiger partial charge on any atom is 0.257 e. The Kier molecular flexibility index (Phi) is 8.53. The molecular formula is C27H27F2N3O3S. The van der Waals surface area contributed by atoms with Gasteiger partial charge < -0.3 is 15.4 Å². The third kappa shape index (κ3) is 6.60. The Bertz CT molecular complexity index is 1230. The van der Waals surface area contributed by atoms with E-state index in [1.54, 1.807) is 36.0 Å². The smallest absolute Gasteiger partial charge is 0.257 e. The van der Waals surface area contributed by atoms with Crippen molar-refractivity contribution in [1.29, 1.82) is 0 Å². The van der Waals surface area contributed by atoms with Gasteiger partial charge in [-0.15, -0.1) is 11.8 Å². The lowest BCUT2D eigenvalue weighted by Gasteiger charge is -2.28. The fourth-order valence-corrected chi connectivity index (χ4v) is 4.63. The summed E-state index contributed by atoms with van der Waals surface area (Å²) in [5.74, 6) is -1.28. The molecule has 188 valence electrons. The molecule has 2 aromatic carbocycles. The van der Waals surface area contributed by atoms with E-state index in [4.69, 9.17) is 4.74 Å². The van der Waals surface area contributed by atoms with E-state index >= 15 is 0 Å². The van der Waals surface area contributed by atoms with Crippen LogP contribution in [0.2, 0.25) is 0 Å². The highest BCUT2D eigenvalue weighted by atomic mass is 32.2. The monoisotopic (exact) mass is 511 g/mol. The Morgan fingerprint density at radius 2 is 1.83 bits per heavy atom. The molecule has 9 heteroatoms. The van der Waals surface area contributed by atoms with Crippen LogP contribution in [0.5, 0.6) is 11.6 Å². The van der Waals surface area contributed by atoms with Gasteiger partial charge in [-0.05, 0) is 62.3 Å². The summed E-state index contributed by atoms with van der Waals surface area (Å²) in [5.41, 5.74) is 0.447. The summed E-state index contributed by atoms with van der Waals surface area (Å²) in [4.78, 5) is 30.5. The van der Waals surface area contributed by atoms with Gasteiger partial charge in [-0.2, -0.15) is 0 Å². The second-order valence-electron chi connectivity index (χ2n) is 8.62. The van der Waals surface area contributed by atoms with E-state index in [2.05, 4.69) is 15.6 Å². The molecule has 4 rings (SSSR count). The number of amides is 2. The predicted molar refractivity (Wildman–Crippen MR) is 134 cm³/mol. The average molecular weight is 512 g/mol. The molecule has 0 aliphatic heterocycles. The van der Waals surface area contributed by atoms with Gasteiger partial charge in [0.25, 0.3) is 5.91 Å². The van der Waals surface area contributed by atoms with Crippen LogP contribution >= 0.6 is 11.8 Å². The summed E-state index contributed by atoms with van der Waals surface area (Å²) in [6.07, 6.45) is 5.31. The molecule has 3 aromatic rings. The van der Waals surface area contributed by atoms with Crippen molar-refractivity contribution >= 4 is 23.6 Å². The number of hydrogen-bond acceptors (Lipinski definition) is 5. The largest absolute Gasteiger partial charge is 0.438 e. The summed E-state index contributed by atoms with van der Waals surface area (Å²) < 4.78 is 33.5. The van der Waals surface area contributed by atoms with Crippen molar-refractivity contribution < 1.29 is 23.1 Å². The third-order valence-electron chi connectivity index (χ3n) is 6.16. The zero-order valence-corrected chi connectivity index (χ0v) is 20.6. The van der Waals surface area contributed by atoms with E-state index in [0.717, 1.165) is 17.2 Å². The number of hydrogen-bond donors (Lipinski definition) is 2. The third-order valence-corrected chi connectivity index (χ3v) is 6.89. The van der Waals surface area contributed by atoms with E-state index in [1.165, 1.54) is 6.07 Å². The Morgan fingerprint density at radius 1 is 1.06 bits per heavy atom. The Balaban J connectivity index is 1.33. The van der Waals surface area contributed by atoms with Crippen molar-refractivity contribution in [2.45, 2.75) is 43.2 Å². The quantitative estimate of drug-likeness (QED) is 0.392. The normalized spacial score (nSPS) is 17.3. The maximum absolute atomic E-state index is 13.9. The lowest BCUT2D eigenvalue weighted by atomic mass is 9.85. The first-order chi connectivity index (χ1) is 17.4. The van der Waals surface area contributed by atoms with Gasteiger partial charge in [-0.1, -0.05) is 24.3 Å². The van der Waals surface area contributed by atoms with Crippen molar-refractivity contribution in [3.63, 3.8) is 0 Å². The molecule has 1 aromatic heterocycles. The number of pyridine rings is 1. The van der Waals surface area contributed by atoms with Crippen LogP contribution < -0.4 is 15.4 Å². The summed E-state index contributed by atoms with van der Waals surface area (Å²) in [6, 6.07) is 14.6. The SMILES string of the molecule is CSc1cccc(Oc2ncc(F)cc2C(=O)NC2CCC(C(=O)NCc3ccccc3F)CC2)c1. The van der Waals surface area contributed by atoms with Gasteiger partial charge in [0.05, 0.1) is 6.20 Å². The van der Waals surface area contributed by atoms with Gasteiger partial charge in [-0.3, -0.25) is 9.59 Å². The maximum atomic E-state index is 13.9. The van der Waals surface area contributed by atoms with Crippen molar-refractivity contribution in [3.8, 4) is 11.6 Å². The molecule has 1 saturated carbocycles. The minimum Gasteiger partial charge on any atom is -0.438 e. The number of ether oxygens (including phenoxy) is 1. The highest BCUT2D eigenvalue weighted by Gasteiger charge is 2.28. The number of rotatable bonds is 8. The van der Waals surface area contributed by atoms with Crippen LogP contribution in [-0.4, -0.2) is 29.1 Å². The van der Waals surface area contributed by atoms with Crippen LogP contribution in [0.4, 0.5) is 8.78 Å². The first-order valence-corrected chi connectivity index (χ1v) is 12.9. The number of carbonyl (C=O) groups excluding carboxylic acids is 2. The van der Waals surface area contributed by atoms with E-state index in [9.17, 15) is 18.4 Å². The molecule has 0 radical (unpaired) electrons.